The highest BCUT2D eigenvalue weighted by molar-refractivity contribution is 6.08. The van der Waals surface area contributed by atoms with E-state index in [0.717, 1.165) is 12.8 Å². The lowest BCUT2D eigenvalue weighted by Gasteiger charge is -2.38. The summed E-state index contributed by atoms with van der Waals surface area (Å²) >= 11 is 0. The second-order valence-corrected chi connectivity index (χ2v) is 7.47. The number of rotatable bonds is 5. The Kier molecular flexibility index (Phi) is 6.14. The van der Waals surface area contributed by atoms with Gasteiger partial charge in [0.15, 0.2) is 0 Å². The molecule has 2 atom stereocenters. The quantitative estimate of drug-likeness (QED) is 0.790. The molecule has 6 heteroatoms. The molecular formula is C21H28N2O4. The summed E-state index contributed by atoms with van der Waals surface area (Å²) < 4.78 is 5.68. The minimum absolute atomic E-state index is 0.102. The predicted molar refractivity (Wildman–Crippen MR) is 103 cm³/mol. The summed E-state index contributed by atoms with van der Waals surface area (Å²) in [5.74, 6) is -0.480. The lowest BCUT2D eigenvalue weighted by atomic mass is 9.86. The molecule has 1 fully saturated rings. The summed E-state index contributed by atoms with van der Waals surface area (Å²) in [6.07, 6.45) is 5.83. The van der Waals surface area contributed by atoms with Crippen LogP contribution < -0.4 is 0 Å². The number of ether oxygens (including phenoxy) is 1. The van der Waals surface area contributed by atoms with Crippen molar-refractivity contribution in [3.05, 3.63) is 29.8 Å². The first-order valence-corrected chi connectivity index (χ1v) is 9.82. The molecule has 6 nitrogen and oxygen atoms in total. The monoisotopic (exact) mass is 372 g/mol. The highest BCUT2D eigenvalue weighted by atomic mass is 16.5. The van der Waals surface area contributed by atoms with Gasteiger partial charge in [-0.25, -0.2) is 9.79 Å². The molecule has 1 heterocycles. The molecule has 1 aromatic rings. The first-order chi connectivity index (χ1) is 13.0. The van der Waals surface area contributed by atoms with E-state index in [0.29, 0.717) is 30.3 Å². The Bertz CT molecular complexity index is 725. The Morgan fingerprint density at radius 1 is 1.30 bits per heavy atom. The van der Waals surface area contributed by atoms with Crippen LogP contribution in [-0.2, 0) is 9.53 Å². The fourth-order valence-electron chi connectivity index (χ4n) is 4.17. The Hall–Kier alpha value is -2.37. The summed E-state index contributed by atoms with van der Waals surface area (Å²) in [6.45, 7) is 4.40. The Balaban J connectivity index is 1.85. The van der Waals surface area contributed by atoms with Gasteiger partial charge in [0.25, 0.3) is 0 Å². The van der Waals surface area contributed by atoms with Gasteiger partial charge in [-0.3, -0.25) is 4.79 Å². The third-order valence-electron chi connectivity index (χ3n) is 5.61. The number of phenolic OH excluding ortho intramolecular Hbond substituents is 1. The average Bonchev–Trinajstić information content (AvgIpc) is 2.66. The zero-order valence-electron chi connectivity index (χ0n) is 16.1. The molecule has 0 bridgehead atoms. The van der Waals surface area contributed by atoms with Crippen molar-refractivity contribution in [3.8, 4) is 5.75 Å². The van der Waals surface area contributed by atoms with Crippen LogP contribution in [0.3, 0.4) is 0 Å². The molecule has 0 spiro atoms. The molecule has 0 aromatic heterocycles. The average molecular weight is 372 g/mol. The van der Waals surface area contributed by atoms with Crippen LogP contribution in [0.4, 0.5) is 4.79 Å². The lowest BCUT2D eigenvalue weighted by molar-refractivity contribution is -0.149. The smallest absolute Gasteiger partial charge is 0.344 e. The van der Waals surface area contributed by atoms with Crippen LogP contribution in [0.15, 0.2) is 29.3 Å². The van der Waals surface area contributed by atoms with E-state index in [2.05, 4.69) is 4.99 Å². The van der Waals surface area contributed by atoms with Gasteiger partial charge in [-0.2, -0.15) is 0 Å². The van der Waals surface area contributed by atoms with Gasteiger partial charge in [0.1, 0.15) is 11.7 Å². The second kappa shape index (κ2) is 8.55. The minimum Gasteiger partial charge on any atom is -0.508 e. The molecular weight excluding hydrogens is 344 g/mol. The van der Waals surface area contributed by atoms with Crippen LogP contribution in [0.5, 0.6) is 5.75 Å². The highest BCUT2D eigenvalue weighted by Gasteiger charge is 2.42. The first kappa shape index (κ1) is 19.4. The molecule has 1 aromatic carbocycles. The molecule has 0 saturated heterocycles. The van der Waals surface area contributed by atoms with E-state index >= 15 is 0 Å². The topological polar surface area (TPSA) is 79.2 Å². The number of hydrogen-bond acceptors (Lipinski definition) is 4. The van der Waals surface area contributed by atoms with Gasteiger partial charge < -0.3 is 14.7 Å². The van der Waals surface area contributed by atoms with E-state index in [-0.39, 0.29) is 17.7 Å². The number of carbonyl (C=O) groups is 2. The van der Waals surface area contributed by atoms with Crippen molar-refractivity contribution in [2.75, 3.05) is 13.2 Å². The maximum Gasteiger partial charge on any atom is 0.344 e. The molecule has 146 valence electrons. The predicted octanol–water partition coefficient (Wildman–Crippen LogP) is 4.09. The molecule has 0 radical (unpaired) electrons. The molecule has 1 N–H and O–H groups in total. The van der Waals surface area contributed by atoms with Crippen molar-refractivity contribution in [2.45, 2.75) is 52.0 Å². The minimum atomic E-state index is -0.659. The fourth-order valence-corrected chi connectivity index (χ4v) is 4.17. The van der Waals surface area contributed by atoms with E-state index in [9.17, 15) is 14.7 Å². The zero-order chi connectivity index (χ0) is 19.4. The second-order valence-electron chi connectivity index (χ2n) is 7.47. The molecule has 1 aliphatic carbocycles. The van der Waals surface area contributed by atoms with Crippen molar-refractivity contribution in [1.82, 2.24) is 4.90 Å². The fraction of sp³-hybridized carbons (Fsp3) is 0.571. The zero-order valence-corrected chi connectivity index (χ0v) is 16.1. The van der Waals surface area contributed by atoms with Crippen molar-refractivity contribution in [3.63, 3.8) is 0 Å². The number of carbonyl (C=O) groups excluding carboxylic acids is 2. The number of urea groups is 1. The van der Waals surface area contributed by atoms with E-state index in [4.69, 9.17) is 4.74 Å². The molecule has 2 unspecified atom stereocenters. The number of esters is 1. The maximum atomic E-state index is 13.0. The van der Waals surface area contributed by atoms with Crippen LogP contribution in [0.1, 0.15) is 57.6 Å². The van der Waals surface area contributed by atoms with Crippen molar-refractivity contribution >= 4 is 17.7 Å². The summed E-state index contributed by atoms with van der Waals surface area (Å²) in [5, 5.41) is 9.88. The highest BCUT2D eigenvalue weighted by Crippen LogP contribution is 2.36. The largest absolute Gasteiger partial charge is 0.508 e. The van der Waals surface area contributed by atoms with E-state index in [1.807, 2.05) is 13.0 Å². The van der Waals surface area contributed by atoms with Gasteiger partial charge in [0.2, 0.25) is 0 Å². The molecule has 2 amide bonds. The van der Waals surface area contributed by atoms with Crippen LogP contribution in [0.25, 0.3) is 0 Å². The summed E-state index contributed by atoms with van der Waals surface area (Å²) in [5.41, 5.74) is 1.17. The van der Waals surface area contributed by atoms with Crippen LogP contribution >= 0.6 is 0 Å². The van der Waals surface area contributed by atoms with E-state index in [1.54, 1.807) is 30.0 Å². The van der Waals surface area contributed by atoms with Crippen molar-refractivity contribution < 1.29 is 19.4 Å². The Labute approximate surface area is 160 Å². The number of aliphatic imine (C=N–C) groups is 1. The number of phenols is 1. The van der Waals surface area contributed by atoms with Crippen molar-refractivity contribution in [1.29, 1.82) is 0 Å². The number of benzene rings is 1. The van der Waals surface area contributed by atoms with Crippen LogP contribution in [0, 0.1) is 11.8 Å². The van der Waals surface area contributed by atoms with Crippen molar-refractivity contribution in [2.24, 2.45) is 16.8 Å². The Morgan fingerprint density at radius 2 is 2.04 bits per heavy atom. The molecule has 1 aliphatic heterocycles. The normalized spacial score (nSPS) is 23.9. The first-order valence-electron chi connectivity index (χ1n) is 9.82. The standard InChI is InChI=1S/C21H28N2O4/c1-3-23-19(16-10-7-11-17(24)12-16)18(14(2)22-21(23)26)20(25)27-13-15-8-5-4-6-9-15/h7,10-12,15,18-19,24H,3-6,8-9,13H2,1-2H3. The third-order valence-corrected chi connectivity index (χ3v) is 5.61. The summed E-state index contributed by atoms with van der Waals surface area (Å²) in [6, 6.07) is 5.82. The third kappa shape index (κ3) is 4.31. The number of amides is 2. The Morgan fingerprint density at radius 3 is 2.70 bits per heavy atom. The molecule has 27 heavy (non-hydrogen) atoms. The SMILES string of the molecule is CCN1C(=O)N=C(C)C(C(=O)OCC2CCCCC2)C1c1cccc(O)c1. The maximum absolute atomic E-state index is 13.0. The van der Waals surface area contributed by atoms with Gasteiger partial charge in [-0.05, 0) is 50.3 Å². The molecule has 2 aliphatic rings. The van der Waals surface area contributed by atoms with Gasteiger partial charge in [-0.15, -0.1) is 0 Å². The van der Waals surface area contributed by atoms with Gasteiger partial charge in [0, 0.05) is 12.3 Å². The molecule has 3 rings (SSSR count). The van der Waals surface area contributed by atoms with Gasteiger partial charge in [0.05, 0.1) is 12.6 Å². The van der Waals surface area contributed by atoms with Crippen LogP contribution in [-0.4, -0.2) is 40.9 Å². The summed E-state index contributed by atoms with van der Waals surface area (Å²) in [4.78, 5) is 31.0. The number of hydrogen-bond donors (Lipinski definition) is 1. The summed E-state index contributed by atoms with van der Waals surface area (Å²) in [7, 11) is 0. The van der Waals surface area contributed by atoms with Gasteiger partial charge >= 0.3 is 12.0 Å². The number of nitrogens with zero attached hydrogens (tertiary/aromatic N) is 2. The van der Waals surface area contributed by atoms with Gasteiger partial charge in [-0.1, -0.05) is 31.4 Å². The van der Waals surface area contributed by atoms with E-state index < -0.39 is 12.0 Å². The molecule has 1 saturated carbocycles. The number of aromatic hydroxyl groups is 1. The van der Waals surface area contributed by atoms with E-state index in [1.165, 1.54) is 19.3 Å². The lowest BCUT2D eigenvalue weighted by Crippen LogP contribution is -2.47. The van der Waals surface area contributed by atoms with Crippen LogP contribution in [0.2, 0.25) is 0 Å².